The number of carbonyl (C=O) groups is 6. The van der Waals surface area contributed by atoms with Gasteiger partial charge in [0, 0.05) is 29.3 Å². The van der Waals surface area contributed by atoms with E-state index in [1.807, 2.05) is 0 Å². The number of aliphatic carboxylic acids is 2. The SMILES string of the molecule is C=C(CCC(=O)O)N1C(=O)C([N+](=O)[O-])C(=O)N(C(CCCCNC(=O)OCc2ccc([N+](=O)[O-])cc2)C(=O)O)C1=O. The van der Waals surface area contributed by atoms with E-state index in [1.165, 1.54) is 24.3 Å². The standard InChI is InChI=1S/C23H25N5O13/c1-13(5-10-17(29)30)25-19(31)18(28(39)40)20(32)26(23(25)36)16(21(33)34)4-2-3-11-24-22(35)41-12-14-6-8-15(9-7-14)27(37)38/h6-9,16,18H,1-5,10-12H2,(H,24,35)(H,29,30)(H,33,34). The number of amides is 5. The summed E-state index contributed by atoms with van der Waals surface area (Å²) in [6.07, 6.45) is -2.21. The molecule has 0 spiro atoms. The second-order valence-electron chi connectivity index (χ2n) is 8.59. The molecule has 1 fully saturated rings. The van der Waals surface area contributed by atoms with Gasteiger partial charge in [-0.15, -0.1) is 0 Å². The van der Waals surface area contributed by atoms with Gasteiger partial charge in [-0.3, -0.25) is 34.6 Å². The summed E-state index contributed by atoms with van der Waals surface area (Å²) >= 11 is 0. The maximum Gasteiger partial charge on any atom is 0.407 e. The zero-order valence-corrected chi connectivity index (χ0v) is 21.3. The lowest BCUT2D eigenvalue weighted by molar-refractivity contribution is -0.496. The Morgan fingerprint density at radius 1 is 1.02 bits per heavy atom. The highest BCUT2D eigenvalue weighted by Crippen LogP contribution is 2.25. The molecule has 2 atom stereocenters. The smallest absolute Gasteiger partial charge is 0.407 e. The van der Waals surface area contributed by atoms with Gasteiger partial charge in [0.15, 0.2) is 0 Å². The molecular weight excluding hydrogens is 554 g/mol. The van der Waals surface area contributed by atoms with Crippen LogP contribution in [0.4, 0.5) is 15.3 Å². The molecule has 5 amide bonds. The number of hydrogen-bond acceptors (Lipinski definition) is 11. The molecule has 0 bridgehead atoms. The number of non-ortho nitro benzene ring substituents is 1. The average molecular weight is 579 g/mol. The Hall–Kier alpha value is -5.42. The topological polar surface area (TPSA) is 257 Å². The van der Waals surface area contributed by atoms with Gasteiger partial charge in [-0.2, -0.15) is 0 Å². The molecule has 41 heavy (non-hydrogen) atoms. The molecule has 2 rings (SSSR count). The zero-order valence-electron chi connectivity index (χ0n) is 21.3. The minimum Gasteiger partial charge on any atom is -0.481 e. The molecule has 18 heteroatoms. The number of hydrogen-bond donors (Lipinski definition) is 3. The number of nitrogens with zero attached hydrogens (tertiary/aromatic N) is 4. The third kappa shape index (κ3) is 8.28. The number of carboxylic acid groups (broad SMARTS) is 2. The predicted octanol–water partition coefficient (Wildman–Crippen LogP) is 1.26. The zero-order chi connectivity index (χ0) is 30.9. The van der Waals surface area contributed by atoms with Crippen LogP contribution in [0.25, 0.3) is 0 Å². The van der Waals surface area contributed by atoms with Crippen molar-refractivity contribution in [1.82, 2.24) is 15.1 Å². The minimum absolute atomic E-state index is 0.00625. The van der Waals surface area contributed by atoms with Crippen molar-refractivity contribution in [2.75, 3.05) is 6.54 Å². The largest absolute Gasteiger partial charge is 0.481 e. The van der Waals surface area contributed by atoms with Crippen LogP contribution in [-0.4, -0.2) is 84.4 Å². The van der Waals surface area contributed by atoms with Crippen molar-refractivity contribution in [1.29, 1.82) is 0 Å². The van der Waals surface area contributed by atoms with Crippen LogP contribution in [0.2, 0.25) is 0 Å². The van der Waals surface area contributed by atoms with E-state index in [4.69, 9.17) is 9.84 Å². The van der Waals surface area contributed by atoms with E-state index < -0.39 is 82.8 Å². The molecule has 1 aromatic rings. The van der Waals surface area contributed by atoms with Crippen LogP contribution in [0.3, 0.4) is 0 Å². The van der Waals surface area contributed by atoms with Gasteiger partial charge in [0.1, 0.15) is 12.6 Å². The number of barbiturate groups is 1. The first-order valence-corrected chi connectivity index (χ1v) is 11.9. The van der Waals surface area contributed by atoms with Gasteiger partial charge < -0.3 is 20.3 Å². The molecular formula is C23H25N5O13. The second kappa shape index (κ2) is 14.1. The van der Waals surface area contributed by atoms with Gasteiger partial charge in [-0.05, 0) is 43.4 Å². The van der Waals surface area contributed by atoms with Gasteiger partial charge in [0.2, 0.25) is 0 Å². The van der Waals surface area contributed by atoms with Gasteiger partial charge in [-0.1, -0.05) is 6.58 Å². The Morgan fingerprint density at radius 3 is 2.20 bits per heavy atom. The fourth-order valence-electron chi connectivity index (χ4n) is 3.71. The monoisotopic (exact) mass is 579 g/mol. The third-order valence-electron chi connectivity index (χ3n) is 5.77. The summed E-state index contributed by atoms with van der Waals surface area (Å²) in [7, 11) is 0. The summed E-state index contributed by atoms with van der Waals surface area (Å²) in [5.41, 5.74) is -0.119. The molecule has 1 heterocycles. The first-order chi connectivity index (χ1) is 19.3. The Labute approximate surface area is 230 Å². The Bertz CT molecular complexity index is 1260. The highest BCUT2D eigenvalue weighted by Gasteiger charge is 2.56. The van der Waals surface area contributed by atoms with Crippen molar-refractivity contribution in [2.24, 2.45) is 0 Å². The van der Waals surface area contributed by atoms with E-state index in [9.17, 15) is 54.1 Å². The number of unbranched alkanes of at least 4 members (excludes halogenated alkanes) is 1. The third-order valence-corrected chi connectivity index (χ3v) is 5.77. The van der Waals surface area contributed by atoms with Crippen LogP contribution in [0, 0.1) is 20.2 Å². The number of urea groups is 1. The van der Waals surface area contributed by atoms with E-state index in [2.05, 4.69) is 11.9 Å². The number of ether oxygens (including phenoxy) is 1. The summed E-state index contributed by atoms with van der Waals surface area (Å²) in [4.78, 5) is 93.4. The normalized spacial score (nSPS) is 15.7. The maximum absolute atomic E-state index is 13.0. The van der Waals surface area contributed by atoms with Crippen LogP contribution in [0.1, 0.15) is 37.7 Å². The molecule has 1 aliphatic rings. The van der Waals surface area contributed by atoms with Crippen molar-refractivity contribution >= 4 is 41.6 Å². The first kappa shape index (κ1) is 31.8. The van der Waals surface area contributed by atoms with Crippen molar-refractivity contribution < 1.29 is 53.6 Å². The molecule has 220 valence electrons. The number of benzene rings is 1. The number of nitrogens with one attached hydrogen (secondary N) is 1. The second-order valence-corrected chi connectivity index (χ2v) is 8.59. The molecule has 1 aromatic carbocycles. The highest BCUT2D eigenvalue weighted by atomic mass is 16.6. The van der Waals surface area contributed by atoms with Crippen molar-refractivity contribution in [3.63, 3.8) is 0 Å². The lowest BCUT2D eigenvalue weighted by Crippen LogP contribution is -2.67. The van der Waals surface area contributed by atoms with Crippen LogP contribution >= 0.6 is 0 Å². The van der Waals surface area contributed by atoms with E-state index in [1.54, 1.807) is 0 Å². The van der Waals surface area contributed by atoms with E-state index in [0.29, 0.717) is 5.56 Å². The quantitative estimate of drug-likeness (QED) is 0.115. The number of imide groups is 2. The molecule has 0 aromatic heterocycles. The lowest BCUT2D eigenvalue weighted by Gasteiger charge is -2.37. The molecule has 0 aliphatic carbocycles. The lowest BCUT2D eigenvalue weighted by atomic mass is 10.0. The summed E-state index contributed by atoms with van der Waals surface area (Å²) < 4.78 is 4.97. The Kier molecular flexibility index (Phi) is 10.9. The highest BCUT2D eigenvalue weighted by molar-refractivity contribution is 6.19. The fourth-order valence-corrected chi connectivity index (χ4v) is 3.71. The summed E-state index contributed by atoms with van der Waals surface area (Å²) in [6, 6.07) is -0.781. The number of nitro groups is 2. The molecule has 0 saturated carbocycles. The number of nitro benzene ring substituents is 1. The van der Waals surface area contributed by atoms with Gasteiger partial charge in [-0.25, -0.2) is 24.2 Å². The van der Waals surface area contributed by atoms with E-state index in [0.717, 1.165) is 0 Å². The molecule has 1 aliphatic heterocycles. The van der Waals surface area contributed by atoms with Crippen molar-refractivity contribution in [3.05, 3.63) is 62.3 Å². The van der Waals surface area contributed by atoms with Crippen LogP contribution in [0.15, 0.2) is 36.5 Å². The molecule has 18 nitrogen and oxygen atoms in total. The van der Waals surface area contributed by atoms with Crippen LogP contribution in [-0.2, 0) is 30.5 Å². The van der Waals surface area contributed by atoms with Crippen molar-refractivity contribution in [3.8, 4) is 0 Å². The first-order valence-electron chi connectivity index (χ1n) is 11.9. The Balaban J connectivity index is 1.98. The average Bonchev–Trinajstić information content (AvgIpc) is 2.89. The van der Waals surface area contributed by atoms with Crippen molar-refractivity contribution in [2.45, 2.75) is 50.8 Å². The van der Waals surface area contributed by atoms with Gasteiger partial charge in [0.25, 0.3) is 5.69 Å². The maximum atomic E-state index is 13.0. The van der Waals surface area contributed by atoms with Crippen LogP contribution in [0.5, 0.6) is 0 Å². The number of carboxylic acids is 2. The number of alkyl carbamates (subject to hydrolysis) is 1. The minimum atomic E-state index is -2.64. The molecule has 0 radical (unpaired) electrons. The molecule has 1 saturated heterocycles. The van der Waals surface area contributed by atoms with E-state index in [-0.39, 0.29) is 41.5 Å². The summed E-state index contributed by atoms with van der Waals surface area (Å²) in [6.45, 7) is 3.18. The van der Waals surface area contributed by atoms with E-state index >= 15 is 0 Å². The predicted molar refractivity (Wildman–Crippen MR) is 132 cm³/mol. The number of allylic oxidation sites excluding steroid dienone is 1. The summed E-state index contributed by atoms with van der Waals surface area (Å²) in [5, 5.41) is 43.0. The van der Waals surface area contributed by atoms with Crippen LogP contribution < -0.4 is 5.32 Å². The fraction of sp³-hybridized carbons (Fsp3) is 0.391. The number of carbonyl (C=O) groups excluding carboxylic acids is 4. The Morgan fingerprint density at radius 2 is 1.66 bits per heavy atom. The number of rotatable bonds is 15. The molecule has 3 N–H and O–H groups in total. The van der Waals surface area contributed by atoms with Gasteiger partial charge >= 0.3 is 41.9 Å². The summed E-state index contributed by atoms with van der Waals surface area (Å²) in [5.74, 6) is -6.27. The van der Waals surface area contributed by atoms with Gasteiger partial charge in [0.05, 0.1) is 11.3 Å². The molecule has 2 unspecified atom stereocenters.